The van der Waals surface area contributed by atoms with Crippen molar-refractivity contribution in [3.05, 3.63) is 41.6 Å². The number of hydrogen-bond donors (Lipinski definition) is 0. The lowest BCUT2D eigenvalue weighted by atomic mass is 10.1. The van der Waals surface area contributed by atoms with E-state index in [9.17, 15) is 9.59 Å². The van der Waals surface area contributed by atoms with Crippen LogP contribution in [-0.2, 0) is 16.6 Å². The second kappa shape index (κ2) is 5.52. The number of para-hydroxylation sites is 1. The third kappa shape index (κ3) is 2.57. The van der Waals surface area contributed by atoms with Crippen molar-refractivity contribution in [2.75, 3.05) is 6.61 Å². The van der Waals surface area contributed by atoms with Crippen molar-refractivity contribution in [3.8, 4) is 0 Å². The molecule has 0 atom stereocenters. The fourth-order valence-electron chi connectivity index (χ4n) is 2.11. The van der Waals surface area contributed by atoms with Crippen molar-refractivity contribution in [3.63, 3.8) is 0 Å². The molecule has 1 aromatic heterocycles. The molecule has 19 heavy (non-hydrogen) atoms. The van der Waals surface area contributed by atoms with Gasteiger partial charge in [-0.15, -0.1) is 0 Å². The van der Waals surface area contributed by atoms with Crippen molar-refractivity contribution in [2.24, 2.45) is 7.05 Å². The Labute approximate surface area is 111 Å². The van der Waals surface area contributed by atoms with Crippen LogP contribution >= 0.6 is 0 Å². The smallest absolute Gasteiger partial charge is 0.330 e. The Balaban J connectivity index is 2.47. The van der Waals surface area contributed by atoms with Crippen molar-refractivity contribution in [1.82, 2.24) is 4.57 Å². The van der Waals surface area contributed by atoms with Gasteiger partial charge in [0.2, 0.25) is 0 Å². The molecular weight excluding hydrogens is 242 g/mol. The molecular formula is C15H15NO3. The predicted octanol–water partition coefficient (Wildman–Crippen LogP) is 2.57. The molecule has 0 N–H and O–H groups in total. The fourth-order valence-corrected chi connectivity index (χ4v) is 2.11. The Hall–Kier alpha value is -2.36. The Kier molecular flexibility index (Phi) is 3.80. The third-order valence-electron chi connectivity index (χ3n) is 2.88. The first kappa shape index (κ1) is 13.1. The second-order valence-electron chi connectivity index (χ2n) is 4.14. The van der Waals surface area contributed by atoms with Crippen molar-refractivity contribution >= 4 is 29.2 Å². The molecule has 0 saturated heterocycles. The maximum atomic E-state index is 11.3. The lowest BCUT2D eigenvalue weighted by Crippen LogP contribution is -1.98. The average Bonchev–Trinajstić information content (AvgIpc) is 2.74. The molecule has 98 valence electrons. The highest BCUT2D eigenvalue weighted by Gasteiger charge is 2.08. The summed E-state index contributed by atoms with van der Waals surface area (Å²) in [4.78, 5) is 22.3. The Morgan fingerprint density at radius 3 is 2.84 bits per heavy atom. The van der Waals surface area contributed by atoms with Gasteiger partial charge >= 0.3 is 5.97 Å². The minimum absolute atomic E-state index is 0.354. The molecule has 0 amide bonds. The van der Waals surface area contributed by atoms with Crippen LogP contribution in [0, 0.1) is 0 Å². The van der Waals surface area contributed by atoms with Crippen molar-refractivity contribution in [2.45, 2.75) is 6.92 Å². The first-order valence-electron chi connectivity index (χ1n) is 6.05. The summed E-state index contributed by atoms with van der Waals surface area (Å²) in [6.45, 7) is 2.12. The molecule has 2 aromatic rings. The number of aryl methyl sites for hydroxylation is 1. The maximum absolute atomic E-state index is 11.3. The highest BCUT2D eigenvalue weighted by Crippen LogP contribution is 2.23. The molecule has 4 nitrogen and oxygen atoms in total. The molecule has 0 spiro atoms. The van der Waals surface area contributed by atoms with Crippen LogP contribution in [0.1, 0.15) is 22.8 Å². The number of hydrogen-bond acceptors (Lipinski definition) is 3. The lowest BCUT2D eigenvalue weighted by Gasteiger charge is -2.01. The van der Waals surface area contributed by atoms with Gasteiger partial charge in [-0.05, 0) is 18.6 Å². The van der Waals surface area contributed by atoms with E-state index in [-0.39, 0.29) is 5.97 Å². The summed E-state index contributed by atoms with van der Waals surface area (Å²) in [6.07, 6.45) is 5.71. The van der Waals surface area contributed by atoms with Crippen LogP contribution in [-0.4, -0.2) is 23.4 Å². The van der Waals surface area contributed by atoms with Gasteiger partial charge in [0, 0.05) is 30.3 Å². The number of carbonyl (C=O) groups excluding carboxylic acids is 2. The van der Waals surface area contributed by atoms with E-state index in [1.807, 2.05) is 29.8 Å². The number of benzene rings is 1. The molecule has 0 saturated carbocycles. The van der Waals surface area contributed by atoms with Gasteiger partial charge < -0.3 is 9.30 Å². The number of esters is 1. The SMILES string of the molecule is CCOC(=O)/C=C/c1cccc2c(C=O)cn(C)c12. The summed E-state index contributed by atoms with van der Waals surface area (Å²) >= 11 is 0. The Morgan fingerprint density at radius 2 is 2.16 bits per heavy atom. The molecule has 2 rings (SSSR count). The lowest BCUT2D eigenvalue weighted by molar-refractivity contribution is -0.137. The standard InChI is InChI=1S/C15H15NO3/c1-3-19-14(18)8-7-11-5-4-6-13-12(10-17)9-16(2)15(11)13/h4-10H,3H2,1-2H3/b8-7+. The number of fused-ring (bicyclic) bond motifs is 1. The number of aldehydes is 1. The number of rotatable bonds is 4. The molecule has 1 aromatic carbocycles. The zero-order valence-corrected chi connectivity index (χ0v) is 10.9. The summed E-state index contributed by atoms with van der Waals surface area (Å²) in [7, 11) is 1.87. The van der Waals surface area contributed by atoms with E-state index in [1.165, 1.54) is 6.08 Å². The monoisotopic (exact) mass is 257 g/mol. The van der Waals surface area contributed by atoms with Gasteiger partial charge in [-0.2, -0.15) is 0 Å². The van der Waals surface area contributed by atoms with Crippen LogP contribution < -0.4 is 0 Å². The van der Waals surface area contributed by atoms with Crippen LogP contribution in [0.3, 0.4) is 0 Å². The van der Waals surface area contributed by atoms with Gasteiger partial charge in [-0.3, -0.25) is 4.79 Å². The van der Waals surface area contributed by atoms with E-state index in [0.717, 1.165) is 22.8 Å². The van der Waals surface area contributed by atoms with Crippen LogP contribution in [0.5, 0.6) is 0 Å². The largest absolute Gasteiger partial charge is 0.463 e. The topological polar surface area (TPSA) is 48.3 Å². The molecule has 4 heteroatoms. The molecule has 0 aliphatic carbocycles. The molecule has 0 unspecified atom stereocenters. The highest BCUT2D eigenvalue weighted by molar-refractivity contribution is 6.01. The Bertz CT molecular complexity index is 653. The van der Waals surface area contributed by atoms with Crippen LogP contribution in [0.4, 0.5) is 0 Å². The maximum Gasteiger partial charge on any atom is 0.330 e. The van der Waals surface area contributed by atoms with Gasteiger partial charge in [0.1, 0.15) is 0 Å². The minimum atomic E-state index is -0.371. The number of carbonyl (C=O) groups is 2. The molecule has 0 fully saturated rings. The van der Waals surface area contributed by atoms with Gasteiger partial charge in [0.05, 0.1) is 12.1 Å². The normalized spacial score (nSPS) is 11.1. The Morgan fingerprint density at radius 1 is 1.37 bits per heavy atom. The van der Waals surface area contributed by atoms with Crippen molar-refractivity contribution in [1.29, 1.82) is 0 Å². The van der Waals surface area contributed by atoms with E-state index < -0.39 is 0 Å². The average molecular weight is 257 g/mol. The molecule has 0 aliphatic heterocycles. The molecule has 0 aliphatic rings. The predicted molar refractivity (Wildman–Crippen MR) is 74.0 cm³/mol. The van der Waals surface area contributed by atoms with Crippen LogP contribution in [0.15, 0.2) is 30.5 Å². The third-order valence-corrected chi connectivity index (χ3v) is 2.88. The second-order valence-corrected chi connectivity index (χ2v) is 4.14. The number of ether oxygens (including phenoxy) is 1. The van der Waals surface area contributed by atoms with Crippen molar-refractivity contribution < 1.29 is 14.3 Å². The summed E-state index contributed by atoms with van der Waals surface area (Å²) in [5, 5.41) is 0.878. The molecule has 1 heterocycles. The van der Waals surface area contributed by atoms with E-state index in [4.69, 9.17) is 4.74 Å². The fraction of sp³-hybridized carbons (Fsp3) is 0.200. The van der Waals surface area contributed by atoms with Crippen LogP contribution in [0.2, 0.25) is 0 Å². The van der Waals surface area contributed by atoms with E-state index >= 15 is 0 Å². The quantitative estimate of drug-likeness (QED) is 0.480. The zero-order valence-electron chi connectivity index (χ0n) is 10.9. The molecule has 0 radical (unpaired) electrons. The van der Waals surface area contributed by atoms with Gasteiger partial charge in [0.15, 0.2) is 6.29 Å². The first-order chi connectivity index (χ1) is 9.17. The first-order valence-corrected chi connectivity index (χ1v) is 6.05. The van der Waals surface area contributed by atoms with E-state index in [2.05, 4.69) is 0 Å². The van der Waals surface area contributed by atoms with Crippen LogP contribution in [0.25, 0.3) is 17.0 Å². The van der Waals surface area contributed by atoms with Gasteiger partial charge in [0.25, 0.3) is 0 Å². The number of nitrogens with zero attached hydrogens (tertiary/aromatic N) is 1. The summed E-state index contributed by atoms with van der Waals surface area (Å²) < 4.78 is 6.72. The van der Waals surface area contributed by atoms with Gasteiger partial charge in [-0.1, -0.05) is 18.2 Å². The number of aromatic nitrogens is 1. The molecule has 0 bridgehead atoms. The summed E-state index contributed by atoms with van der Waals surface area (Å²) in [6, 6.07) is 5.65. The summed E-state index contributed by atoms with van der Waals surface area (Å²) in [5.41, 5.74) is 2.44. The van der Waals surface area contributed by atoms with Gasteiger partial charge in [-0.25, -0.2) is 4.79 Å². The highest BCUT2D eigenvalue weighted by atomic mass is 16.5. The zero-order chi connectivity index (χ0) is 13.8. The summed E-state index contributed by atoms with van der Waals surface area (Å²) in [5.74, 6) is -0.371. The van der Waals surface area contributed by atoms with E-state index in [0.29, 0.717) is 12.2 Å². The minimum Gasteiger partial charge on any atom is -0.463 e. The van der Waals surface area contributed by atoms with E-state index in [1.54, 1.807) is 19.2 Å².